The van der Waals surface area contributed by atoms with Crippen LogP contribution in [0.5, 0.6) is 0 Å². The molecule has 0 atom stereocenters. The minimum atomic E-state index is -5.04. The molecule has 0 radical (unpaired) electrons. The molecule has 0 aliphatic rings. The van der Waals surface area contributed by atoms with Gasteiger partial charge in [0.15, 0.2) is 0 Å². The number of unbranched alkanes of at least 4 members (excludes halogenated alkanes) is 11. The third kappa shape index (κ3) is 12.1. The van der Waals surface area contributed by atoms with Crippen molar-refractivity contribution in [3.05, 3.63) is 0 Å². The third-order valence-electron chi connectivity index (χ3n) is 4.43. The van der Waals surface area contributed by atoms with Gasteiger partial charge < -0.3 is 5.11 Å². The molecule has 162 valence electrons. The molecule has 27 heavy (non-hydrogen) atoms. The minimum Gasteiger partial charge on any atom is -0.477 e. The van der Waals surface area contributed by atoms with E-state index in [0.29, 0.717) is 19.3 Å². The van der Waals surface area contributed by atoms with Gasteiger partial charge in [0.05, 0.1) is 0 Å². The van der Waals surface area contributed by atoms with Crippen molar-refractivity contribution in [2.24, 2.45) is 0 Å². The summed E-state index contributed by atoms with van der Waals surface area (Å²) in [4.78, 5) is 10.2. The van der Waals surface area contributed by atoms with Gasteiger partial charge in [-0.2, -0.15) is 30.7 Å². The molecule has 0 amide bonds. The normalized spacial score (nSPS) is 13.1. The number of carbonyl (C=O) groups is 1. The molecule has 9 heteroatoms. The first kappa shape index (κ1) is 26.0. The molecule has 0 rings (SSSR count). The maximum absolute atomic E-state index is 13.1. The molecule has 0 aromatic heterocycles. The van der Waals surface area contributed by atoms with Crippen LogP contribution in [0.2, 0.25) is 0 Å². The van der Waals surface area contributed by atoms with Crippen molar-refractivity contribution in [2.45, 2.75) is 108 Å². The second kappa shape index (κ2) is 12.4. The Bertz CT molecular complexity index is 409. The number of aliphatic carboxylic acids is 1. The monoisotopic (exact) mass is 410 g/mol. The highest BCUT2D eigenvalue weighted by Gasteiger charge is 2.61. The van der Waals surface area contributed by atoms with Crippen LogP contribution in [0.1, 0.15) is 89.9 Å². The first-order chi connectivity index (χ1) is 12.4. The van der Waals surface area contributed by atoms with Crippen molar-refractivity contribution in [2.75, 3.05) is 0 Å². The summed E-state index contributed by atoms with van der Waals surface area (Å²) in [6, 6.07) is 0. The molecule has 0 aromatic carbocycles. The number of rotatable bonds is 16. The van der Waals surface area contributed by atoms with Crippen LogP contribution >= 0.6 is 0 Å². The number of halogens is 7. The molecule has 0 unspecified atom stereocenters. The van der Waals surface area contributed by atoms with Gasteiger partial charge in [-0.25, -0.2) is 4.79 Å². The van der Waals surface area contributed by atoms with Gasteiger partial charge in [0.2, 0.25) is 0 Å². The van der Waals surface area contributed by atoms with E-state index < -0.39 is 36.8 Å². The minimum absolute atomic E-state index is 0.159. The predicted octanol–water partition coefficient (Wildman–Crippen LogP) is 7.37. The van der Waals surface area contributed by atoms with Crippen LogP contribution in [0.4, 0.5) is 30.7 Å². The SMILES string of the molecule is O=C(O)C(F)(F)C(F)(F)CCCCCCCCCCCCCCC(F)(F)F. The zero-order valence-electron chi connectivity index (χ0n) is 15.4. The third-order valence-corrected chi connectivity index (χ3v) is 4.43. The van der Waals surface area contributed by atoms with Crippen LogP contribution in [-0.4, -0.2) is 29.1 Å². The molecule has 0 bridgehead atoms. The first-order valence-electron chi connectivity index (χ1n) is 9.46. The molecule has 0 heterocycles. The van der Waals surface area contributed by atoms with Gasteiger partial charge in [-0.3, -0.25) is 0 Å². The molecule has 0 saturated carbocycles. The Hall–Kier alpha value is -1.02. The van der Waals surface area contributed by atoms with Crippen molar-refractivity contribution < 1.29 is 40.6 Å². The number of alkyl halides is 7. The topological polar surface area (TPSA) is 37.3 Å². The van der Waals surface area contributed by atoms with Crippen molar-refractivity contribution in [1.29, 1.82) is 0 Å². The van der Waals surface area contributed by atoms with Gasteiger partial charge >= 0.3 is 24.0 Å². The molecule has 0 aromatic rings. The molecular formula is C18H29F7O2. The summed E-state index contributed by atoms with van der Waals surface area (Å²) in [7, 11) is 0. The summed E-state index contributed by atoms with van der Waals surface area (Å²) in [5.41, 5.74) is 0. The molecular weight excluding hydrogens is 381 g/mol. The van der Waals surface area contributed by atoms with Gasteiger partial charge in [-0.15, -0.1) is 0 Å². The second-order valence-corrected chi connectivity index (χ2v) is 6.94. The van der Waals surface area contributed by atoms with Crippen LogP contribution in [0.3, 0.4) is 0 Å². The Morgan fingerprint density at radius 1 is 0.556 bits per heavy atom. The zero-order valence-corrected chi connectivity index (χ0v) is 15.4. The van der Waals surface area contributed by atoms with E-state index in [-0.39, 0.29) is 12.8 Å². The molecule has 0 aliphatic carbocycles. The Balaban J connectivity index is 3.47. The van der Waals surface area contributed by atoms with Crippen LogP contribution < -0.4 is 0 Å². The van der Waals surface area contributed by atoms with Gasteiger partial charge in [0.25, 0.3) is 0 Å². The van der Waals surface area contributed by atoms with Gasteiger partial charge in [-0.1, -0.05) is 64.2 Å². The second-order valence-electron chi connectivity index (χ2n) is 6.94. The average molecular weight is 410 g/mol. The van der Waals surface area contributed by atoms with E-state index in [0.717, 1.165) is 44.9 Å². The number of hydrogen-bond acceptors (Lipinski definition) is 1. The highest BCUT2D eigenvalue weighted by Crippen LogP contribution is 2.38. The maximum atomic E-state index is 13.1. The van der Waals surface area contributed by atoms with Crippen molar-refractivity contribution in [3.8, 4) is 0 Å². The molecule has 0 aliphatic heterocycles. The Labute approximate surface area is 155 Å². The standard InChI is InChI=1S/C18H29F7O2/c19-16(20,18(24,25)15(26)27)13-11-9-7-5-3-1-2-4-6-8-10-12-14-17(21,22)23/h1-14H2,(H,26,27). The summed E-state index contributed by atoms with van der Waals surface area (Å²) in [5.74, 6) is -12.4. The fourth-order valence-electron chi connectivity index (χ4n) is 2.75. The summed E-state index contributed by atoms with van der Waals surface area (Å²) in [6.45, 7) is 0. The Morgan fingerprint density at radius 3 is 1.15 bits per heavy atom. The average Bonchev–Trinajstić information content (AvgIpc) is 2.53. The number of carboxylic acid groups (broad SMARTS) is 1. The summed E-state index contributed by atoms with van der Waals surface area (Å²) < 4.78 is 87.7. The van der Waals surface area contributed by atoms with Crippen LogP contribution in [-0.2, 0) is 4.79 Å². The summed E-state index contributed by atoms with van der Waals surface area (Å²) >= 11 is 0. The van der Waals surface area contributed by atoms with E-state index in [1.54, 1.807) is 0 Å². The lowest BCUT2D eigenvalue weighted by molar-refractivity contribution is -0.226. The van der Waals surface area contributed by atoms with E-state index in [2.05, 4.69) is 0 Å². The number of carboxylic acids is 1. The lowest BCUT2D eigenvalue weighted by Crippen LogP contribution is -2.47. The van der Waals surface area contributed by atoms with Crippen LogP contribution in [0, 0.1) is 0 Å². The maximum Gasteiger partial charge on any atom is 0.404 e. The van der Waals surface area contributed by atoms with Gasteiger partial charge in [-0.05, 0) is 12.8 Å². The van der Waals surface area contributed by atoms with Gasteiger partial charge in [0, 0.05) is 12.8 Å². The van der Waals surface area contributed by atoms with E-state index in [4.69, 9.17) is 5.11 Å². The largest absolute Gasteiger partial charge is 0.477 e. The van der Waals surface area contributed by atoms with E-state index in [1.807, 2.05) is 0 Å². The fourth-order valence-corrected chi connectivity index (χ4v) is 2.75. The van der Waals surface area contributed by atoms with Crippen LogP contribution in [0.15, 0.2) is 0 Å². The summed E-state index contributed by atoms with van der Waals surface area (Å²) in [5, 5.41) is 8.14. The van der Waals surface area contributed by atoms with E-state index >= 15 is 0 Å². The van der Waals surface area contributed by atoms with E-state index in [9.17, 15) is 35.5 Å². The van der Waals surface area contributed by atoms with Crippen LogP contribution in [0.25, 0.3) is 0 Å². The number of hydrogen-bond donors (Lipinski definition) is 1. The fraction of sp³-hybridized carbons (Fsp3) is 0.944. The highest BCUT2D eigenvalue weighted by molar-refractivity contribution is 5.76. The Morgan fingerprint density at radius 2 is 0.852 bits per heavy atom. The molecule has 0 fully saturated rings. The Kier molecular flexibility index (Phi) is 12.0. The molecule has 0 saturated heterocycles. The van der Waals surface area contributed by atoms with Crippen molar-refractivity contribution in [3.63, 3.8) is 0 Å². The van der Waals surface area contributed by atoms with Crippen molar-refractivity contribution in [1.82, 2.24) is 0 Å². The lowest BCUT2D eigenvalue weighted by Gasteiger charge is -2.22. The smallest absolute Gasteiger partial charge is 0.404 e. The van der Waals surface area contributed by atoms with E-state index in [1.165, 1.54) is 0 Å². The van der Waals surface area contributed by atoms with Crippen molar-refractivity contribution >= 4 is 5.97 Å². The quantitative estimate of drug-likeness (QED) is 0.213. The zero-order chi connectivity index (χ0) is 21.0. The molecule has 1 N–H and O–H groups in total. The highest BCUT2D eigenvalue weighted by atomic mass is 19.4. The van der Waals surface area contributed by atoms with Gasteiger partial charge in [0.1, 0.15) is 0 Å². The molecule has 0 spiro atoms. The lowest BCUT2D eigenvalue weighted by atomic mass is 10.0. The first-order valence-corrected chi connectivity index (χ1v) is 9.46. The predicted molar refractivity (Wildman–Crippen MR) is 88.2 cm³/mol. The summed E-state index contributed by atoms with van der Waals surface area (Å²) in [6.07, 6.45) is 1.77. The molecule has 2 nitrogen and oxygen atoms in total.